The van der Waals surface area contributed by atoms with Crippen LogP contribution in [0.2, 0.25) is 0 Å². The molecule has 1 saturated heterocycles. The number of ether oxygens (including phenoxy) is 1. The second kappa shape index (κ2) is 6.73. The molecule has 2 aromatic heterocycles. The van der Waals surface area contributed by atoms with E-state index in [9.17, 15) is 18.5 Å². The number of hydrogen-bond donors (Lipinski definition) is 0. The van der Waals surface area contributed by atoms with Gasteiger partial charge in [0.25, 0.3) is 0 Å². The molecule has 1 atom stereocenters. The van der Waals surface area contributed by atoms with Crippen molar-refractivity contribution in [1.29, 1.82) is 0 Å². The molecule has 3 heterocycles. The predicted molar refractivity (Wildman–Crippen MR) is 93.0 cm³/mol. The van der Waals surface area contributed by atoms with Crippen molar-refractivity contribution in [3.8, 4) is 0 Å². The van der Waals surface area contributed by atoms with Gasteiger partial charge in [-0.2, -0.15) is 5.10 Å². The zero-order valence-electron chi connectivity index (χ0n) is 13.8. The molecule has 9 nitrogen and oxygen atoms in total. The number of sulfone groups is 1. The van der Waals surface area contributed by atoms with E-state index in [1.165, 1.54) is 0 Å². The maximum Gasteiger partial charge on any atom is 0.305 e. The molecule has 0 amide bonds. The number of rotatable bonds is 5. The van der Waals surface area contributed by atoms with Crippen LogP contribution in [0.4, 0.5) is 10.7 Å². The smallest absolute Gasteiger partial charge is 0.305 e. The van der Waals surface area contributed by atoms with E-state index in [4.69, 9.17) is 4.74 Å². The van der Waals surface area contributed by atoms with E-state index in [1.807, 2.05) is 18.0 Å². The first-order valence-corrected chi connectivity index (χ1v) is 10.3. The van der Waals surface area contributed by atoms with Crippen molar-refractivity contribution >= 4 is 31.9 Å². The number of thiophene rings is 1. The normalized spacial score (nSPS) is 18.5. The summed E-state index contributed by atoms with van der Waals surface area (Å²) in [4.78, 5) is 12.6. The highest BCUT2D eigenvalue weighted by Gasteiger charge is 2.31. The van der Waals surface area contributed by atoms with E-state index in [0.717, 1.165) is 29.2 Å². The van der Waals surface area contributed by atoms with Gasteiger partial charge in [-0.05, 0) is 12.5 Å². The molecule has 1 aliphatic rings. The number of morpholine rings is 1. The van der Waals surface area contributed by atoms with Gasteiger partial charge in [-0.3, -0.25) is 14.8 Å². The first-order valence-electron chi connectivity index (χ1n) is 7.58. The Balaban J connectivity index is 1.83. The van der Waals surface area contributed by atoms with Crippen molar-refractivity contribution in [2.24, 2.45) is 0 Å². The fourth-order valence-electron chi connectivity index (χ4n) is 2.68. The summed E-state index contributed by atoms with van der Waals surface area (Å²) in [6.07, 6.45) is 4.52. The minimum atomic E-state index is -3.49. The van der Waals surface area contributed by atoms with Crippen LogP contribution in [0.25, 0.3) is 0 Å². The molecule has 1 fully saturated rings. The zero-order chi connectivity index (χ0) is 18.2. The Morgan fingerprint density at radius 3 is 2.88 bits per heavy atom. The van der Waals surface area contributed by atoms with E-state index in [1.54, 1.807) is 10.9 Å². The lowest BCUT2D eigenvalue weighted by Gasteiger charge is -2.33. The van der Waals surface area contributed by atoms with Gasteiger partial charge >= 0.3 is 5.69 Å². The van der Waals surface area contributed by atoms with E-state index in [2.05, 4.69) is 5.10 Å². The Morgan fingerprint density at radius 2 is 2.28 bits per heavy atom. The van der Waals surface area contributed by atoms with Crippen molar-refractivity contribution < 1.29 is 18.1 Å². The summed E-state index contributed by atoms with van der Waals surface area (Å²) in [6, 6.07) is 1.14. The molecule has 3 rings (SSSR count). The Bertz CT molecular complexity index is 889. The van der Waals surface area contributed by atoms with Gasteiger partial charge < -0.3 is 9.64 Å². The van der Waals surface area contributed by atoms with Crippen molar-refractivity contribution in [3.05, 3.63) is 34.1 Å². The third-order valence-electron chi connectivity index (χ3n) is 3.81. The SMILES string of the molecule is Cc1cnn(CC2CN(c3sc(S(C)(=O)=O)cc3[N+](=O)[O-])CCO2)c1. The highest BCUT2D eigenvalue weighted by atomic mass is 32.2. The quantitative estimate of drug-likeness (QED) is 0.565. The van der Waals surface area contributed by atoms with Crippen LogP contribution in [0.5, 0.6) is 0 Å². The van der Waals surface area contributed by atoms with Crippen molar-refractivity contribution in [1.82, 2.24) is 9.78 Å². The first kappa shape index (κ1) is 17.8. The van der Waals surface area contributed by atoms with Crippen LogP contribution < -0.4 is 4.90 Å². The monoisotopic (exact) mass is 386 g/mol. The van der Waals surface area contributed by atoms with Gasteiger partial charge in [0.1, 0.15) is 4.21 Å². The molecule has 0 saturated carbocycles. The van der Waals surface area contributed by atoms with Crippen LogP contribution in [0, 0.1) is 17.0 Å². The van der Waals surface area contributed by atoms with Crippen molar-refractivity contribution in [2.45, 2.75) is 23.8 Å². The third kappa shape index (κ3) is 3.99. The third-order valence-corrected chi connectivity index (χ3v) is 6.80. The minimum Gasteiger partial charge on any atom is -0.373 e. The standard InChI is InChI=1S/C14H18N4O5S2/c1-10-6-15-17(7-10)9-11-8-16(3-4-23-11)14-12(18(19)20)5-13(24-14)25(2,21)22/h5-7,11H,3-4,8-9H2,1-2H3. The van der Waals surface area contributed by atoms with Crippen molar-refractivity contribution in [3.63, 3.8) is 0 Å². The van der Waals surface area contributed by atoms with Gasteiger partial charge in [0, 0.05) is 31.6 Å². The number of nitro groups is 1. The summed E-state index contributed by atoms with van der Waals surface area (Å²) in [7, 11) is -3.49. The molecule has 136 valence electrons. The van der Waals surface area contributed by atoms with E-state index >= 15 is 0 Å². The molecular formula is C14H18N4O5S2. The van der Waals surface area contributed by atoms with E-state index in [-0.39, 0.29) is 16.0 Å². The van der Waals surface area contributed by atoms with E-state index in [0.29, 0.717) is 31.2 Å². The molecule has 1 unspecified atom stereocenters. The number of hydrogen-bond acceptors (Lipinski definition) is 8. The fraction of sp³-hybridized carbons (Fsp3) is 0.500. The summed E-state index contributed by atoms with van der Waals surface area (Å²) < 4.78 is 31.0. The van der Waals surface area contributed by atoms with Gasteiger partial charge in [0.2, 0.25) is 0 Å². The first-order chi connectivity index (χ1) is 11.7. The topological polar surface area (TPSA) is 108 Å². The molecule has 0 N–H and O–H groups in total. The maximum absolute atomic E-state index is 11.7. The van der Waals surface area contributed by atoms with Gasteiger partial charge in [0.05, 0.1) is 30.4 Å². The van der Waals surface area contributed by atoms with Crippen LogP contribution in [0.1, 0.15) is 5.56 Å². The average Bonchev–Trinajstić information content (AvgIpc) is 3.14. The Hall–Kier alpha value is -1.98. The van der Waals surface area contributed by atoms with Crippen LogP contribution >= 0.6 is 11.3 Å². The lowest BCUT2D eigenvalue weighted by molar-refractivity contribution is -0.383. The Labute approximate surface area is 148 Å². The summed E-state index contributed by atoms with van der Waals surface area (Å²) in [5, 5.41) is 15.9. The number of aryl methyl sites for hydroxylation is 1. The number of nitrogens with zero attached hydrogens (tertiary/aromatic N) is 4. The zero-order valence-corrected chi connectivity index (χ0v) is 15.4. The number of anilines is 1. The van der Waals surface area contributed by atoms with Crippen LogP contribution in [0.3, 0.4) is 0 Å². The molecule has 0 spiro atoms. The van der Waals surface area contributed by atoms with Crippen molar-refractivity contribution in [2.75, 3.05) is 30.9 Å². The van der Waals surface area contributed by atoms with Crippen LogP contribution in [0.15, 0.2) is 22.7 Å². The Morgan fingerprint density at radius 1 is 1.52 bits per heavy atom. The van der Waals surface area contributed by atoms with Gasteiger partial charge in [0.15, 0.2) is 14.8 Å². The summed E-state index contributed by atoms with van der Waals surface area (Å²) in [6.45, 7) is 3.79. The lowest BCUT2D eigenvalue weighted by atomic mass is 10.2. The molecule has 25 heavy (non-hydrogen) atoms. The molecule has 0 aliphatic carbocycles. The summed E-state index contributed by atoms with van der Waals surface area (Å²) >= 11 is 0.932. The molecule has 0 radical (unpaired) electrons. The highest BCUT2D eigenvalue weighted by Crippen LogP contribution is 2.40. The predicted octanol–water partition coefficient (Wildman–Crippen LogP) is 1.47. The molecular weight excluding hydrogens is 368 g/mol. The fourth-order valence-corrected chi connectivity index (χ4v) is 4.74. The lowest BCUT2D eigenvalue weighted by Crippen LogP contribution is -2.44. The molecule has 0 aromatic carbocycles. The molecule has 2 aromatic rings. The maximum atomic E-state index is 11.7. The second-order valence-corrected chi connectivity index (χ2v) is 9.24. The number of aromatic nitrogens is 2. The van der Waals surface area contributed by atoms with Gasteiger partial charge in [-0.25, -0.2) is 8.42 Å². The Kier molecular flexibility index (Phi) is 4.80. The van der Waals surface area contributed by atoms with Crippen LogP contribution in [-0.4, -0.2) is 55.2 Å². The summed E-state index contributed by atoms with van der Waals surface area (Å²) in [5.41, 5.74) is 0.861. The molecule has 0 bridgehead atoms. The van der Waals surface area contributed by atoms with Gasteiger partial charge in [-0.15, -0.1) is 0 Å². The van der Waals surface area contributed by atoms with Gasteiger partial charge in [-0.1, -0.05) is 11.3 Å². The largest absolute Gasteiger partial charge is 0.373 e. The second-order valence-electron chi connectivity index (χ2n) is 5.96. The van der Waals surface area contributed by atoms with Crippen LogP contribution in [-0.2, 0) is 21.1 Å². The average molecular weight is 386 g/mol. The molecule has 11 heteroatoms. The summed E-state index contributed by atoms with van der Waals surface area (Å²) in [5.74, 6) is 0. The molecule has 1 aliphatic heterocycles. The minimum absolute atomic E-state index is 0.0000529. The van der Waals surface area contributed by atoms with E-state index < -0.39 is 14.8 Å². The highest BCUT2D eigenvalue weighted by molar-refractivity contribution is 7.92.